The number of benzene rings is 3. The molecule has 3 aromatic rings. The fourth-order valence-corrected chi connectivity index (χ4v) is 2.73. The number of esters is 1. The molecule has 0 unspecified atom stereocenters. The Hall–Kier alpha value is -3.93. The maximum absolute atomic E-state index is 12.3. The van der Waals surface area contributed by atoms with E-state index in [2.05, 4.69) is 10.5 Å². The number of rotatable bonds is 6. The molecule has 1 amide bonds. The summed E-state index contributed by atoms with van der Waals surface area (Å²) in [6.07, 6.45) is 1.47. The van der Waals surface area contributed by atoms with Gasteiger partial charge < -0.3 is 9.47 Å². The summed E-state index contributed by atoms with van der Waals surface area (Å²) >= 11 is 0. The summed E-state index contributed by atoms with van der Waals surface area (Å²) in [5, 5.41) is 3.98. The zero-order chi connectivity index (χ0) is 21.5. The second-order valence-electron chi connectivity index (χ2n) is 6.73. The molecule has 0 atom stereocenters. The molecule has 1 N–H and O–H groups in total. The molecule has 0 fully saturated rings. The summed E-state index contributed by atoms with van der Waals surface area (Å²) in [5.74, 6) is 0.0395. The first-order valence-corrected chi connectivity index (χ1v) is 9.33. The average Bonchev–Trinajstić information content (AvgIpc) is 2.74. The van der Waals surface area contributed by atoms with Crippen LogP contribution in [0.2, 0.25) is 0 Å². The SMILES string of the molecule is COc1cc(C)ccc1C(=O)N/N=C\c1cccc(OC(=O)c2ccc(C)cc2)c1. The molecule has 152 valence electrons. The molecule has 0 aliphatic rings. The van der Waals surface area contributed by atoms with Crippen LogP contribution in [0.3, 0.4) is 0 Å². The highest BCUT2D eigenvalue weighted by Gasteiger charge is 2.11. The second-order valence-corrected chi connectivity index (χ2v) is 6.73. The molecule has 0 saturated carbocycles. The monoisotopic (exact) mass is 402 g/mol. The van der Waals surface area contributed by atoms with Gasteiger partial charge in [-0.1, -0.05) is 35.9 Å². The maximum atomic E-state index is 12.3. The molecule has 0 spiro atoms. The largest absolute Gasteiger partial charge is 0.496 e. The van der Waals surface area contributed by atoms with Crippen molar-refractivity contribution in [3.63, 3.8) is 0 Å². The van der Waals surface area contributed by atoms with E-state index in [1.807, 2.05) is 32.0 Å². The molecule has 0 bridgehead atoms. The van der Waals surface area contributed by atoms with E-state index in [4.69, 9.17) is 9.47 Å². The van der Waals surface area contributed by atoms with Crippen molar-refractivity contribution in [2.24, 2.45) is 5.10 Å². The first-order valence-electron chi connectivity index (χ1n) is 9.33. The lowest BCUT2D eigenvalue weighted by molar-refractivity contribution is 0.0734. The molecule has 0 radical (unpaired) electrons. The number of carbonyl (C=O) groups is 2. The number of hydrogen-bond donors (Lipinski definition) is 1. The minimum absolute atomic E-state index is 0.384. The zero-order valence-corrected chi connectivity index (χ0v) is 17.0. The molecule has 3 aromatic carbocycles. The summed E-state index contributed by atoms with van der Waals surface area (Å²) in [4.78, 5) is 24.6. The van der Waals surface area contributed by atoms with Crippen molar-refractivity contribution in [3.8, 4) is 11.5 Å². The summed E-state index contributed by atoms with van der Waals surface area (Å²) in [6, 6.07) is 19.3. The Bertz CT molecular complexity index is 1090. The molecule has 30 heavy (non-hydrogen) atoms. The number of amides is 1. The van der Waals surface area contributed by atoms with E-state index in [1.165, 1.54) is 13.3 Å². The van der Waals surface area contributed by atoms with Gasteiger partial charge in [0.15, 0.2) is 0 Å². The summed E-state index contributed by atoms with van der Waals surface area (Å²) in [7, 11) is 1.51. The Morgan fingerprint density at radius 2 is 1.67 bits per heavy atom. The number of nitrogens with zero attached hydrogens (tertiary/aromatic N) is 1. The van der Waals surface area contributed by atoms with Gasteiger partial charge in [0, 0.05) is 0 Å². The van der Waals surface area contributed by atoms with E-state index in [0.29, 0.717) is 28.2 Å². The summed E-state index contributed by atoms with van der Waals surface area (Å²) < 4.78 is 10.7. The van der Waals surface area contributed by atoms with Crippen LogP contribution in [0, 0.1) is 13.8 Å². The van der Waals surface area contributed by atoms with Crippen molar-refractivity contribution in [1.82, 2.24) is 5.43 Å². The van der Waals surface area contributed by atoms with Gasteiger partial charge in [-0.3, -0.25) is 4.79 Å². The molecular weight excluding hydrogens is 380 g/mol. The zero-order valence-electron chi connectivity index (χ0n) is 17.0. The third-order valence-electron chi connectivity index (χ3n) is 4.34. The third kappa shape index (κ3) is 5.32. The number of hydrazone groups is 1. The number of hydrogen-bond acceptors (Lipinski definition) is 5. The fourth-order valence-electron chi connectivity index (χ4n) is 2.73. The van der Waals surface area contributed by atoms with Crippen LogP contribution < -0.4 is 14.9 Å². The van der Waals surface area contributed by atoms with E-state index in [0.717, 1.165) is 11.1 Å². The highest BCUT2D eigenvalue weighted by atomic mass is 16.5. The lowest BCUT2D eigenvalue weighted by atomic mass is 10.1. The van der Waals surface area contributed by atoms with Crippen LogP contribution in [0.4, 0.5) is 0 Å². The van der Waals surface area contributed by atoms with Gasteiger partial charge in [0.2, 0.25) is 0 Å². The molecule has 6 heteroatoms. The minimum atomic E-state index is -0.441. The van der Waals surface area contributed by atoms with Crippen molar-refractivity contribution < 1.29 is 19.1 Å². The number of carbonyl (C=O) groups excluding carboxylic acids is 2. The van der Waals surface area contributed by atoms with Crippen LogP contribution in [0.1, 0.15) is 37.4 Å². The Kier molecular flexibility index (Phi) is 6.60. The van der Waals surface area contributed by atoms with Gasteiger partial charge in [0.1, 0.15) is 11.5 Å². The first-order chi connectivity index (χ1) is 14.5. The van der Waals surface area contributed by atoms with Crippen LogP contribution in [0.25, 0.3) is 0 Å². The van der Waals surface area contributed by atoms with Gasteiger partial charge in [-0.05, 0) is 61.4 Å². The predicted molar refractivity (Wildman–Crippen MR) is 115 cm³/mol. The van der Waals surface area contributed by atoms with Gasteiger partial charge in [-0.25, -0.2) is 10.2 Å². The van der Waals surface area contributed by atoms with E-state index in [9.17, 15) is 9.59 Å². The first kappa shape index (κ1) is 20.8. The Morgan fingerprint density at radius 3 is 2.40 bits per heavy atom. The van der Waals surface area contributed by atoms with Crippen LogP contribution in [0.15, 0.2) is 71.8 Å². The van der Waals surface area contributed by atoms with Crippen LogP contribution in [0.5, 0.6) is 11.5 Å². The average molecular weight is 402 g/mol. The molecule has 0 heterocycles. The van der Waals surface area contributed by atoms with E-state index in [-0.39, 0.29) is 5.91 Å². The Labute approximate surface area is 175 Å². The van der Waals surface area contributed by atoms with Crippen molar-refractivity contribution in [2.75, 3.05) is 7.11 Å². The quantitative estimate of drug-likeness (QED) is 0.289. The summed E-state index contributed by atoms with van der Waals surface area (Å²) in [6.45, 7) is 3.87. The standard InChI is InChI=1S/C24H22N2O4/c1-16-7-10-19(11-8-16)24(28)30-20-6-4-5-18(14-20)15-25-26-23(27)21-12-9-17(2)13-22(21)29-3/h4-15H,1-3H3,(H,26,27)/b25-15-. The smallest absolute Gasteiger partial charge is 0.343 e. The lowest BCUT2D eigenvalue weighted by Crippen LogP contribution is -2.18. The van der Waals surface area contributed by atoms with Crippen molar-refractivity contribution in [2.45, 2.75) is 13.8 Å². The van der Waals surface area contributed by atoms with E-state index < -0.39 is 5.97 Å². The lowest BCUT2D eigenvalue weighted by Gasteiger charge is -2.08. The van der Waals surface area contributed by atoms with Crippen molar-refractivity contribution in [1.29, 1.82) is 0 Å². The highest BCUT2D eigenvalue weighted by molar-refractivity contribution is 5.97. The minimum Gasteiger partial charge on any atom is -0.496 e. The van der Waals surface area contributed by atoms with Crippen molar-refractivity contribution in [3.05, 3.63) is 94.5 Å². The van der Waals surface area contributed by atoms with Gasteiger partial charge in [-0.15, -0.1) is 0 Å². The molecule has 0 aliphatic heterocycles. The van der Waals surface area contributed by atoms with Crippen LogP contribution in [-0.2, 0) is 0 Å². The molecular formula is C24H22N2O4. The second kappa shape index (κ2) is 9.52. The predicted octanol–water partition coefficient (Wildman–Crippen LogP) is 4.30. The third-order valence-corrected chi connectivity index (χ3v) is 4.34. The van der Waals surface area contributed by atoms with E-state index in [1.54, 1.807) is 48.5 Å². The van der Waals surface area contributed by atoms with E-state index >= 15 is 0 Å². The normalized spacial score (nSPS) is 10.6. The number of aryl methyl sites for hydroxylation is 2. The Balaban J connectivity index is 1.65. The van der Waals surface area contributed by atoms with Crippen molar-refractivity contribution >= 4 is 18.1 Å². The Morgan fingerprint density at radius 1 is 0.933 bits per heavy atom. The molecule has 0 aromatic heterocycles. The maximum Gasteiger partial charge on any atom is 0.343 e. The summed E-state index contributed by atoms with van der Waals surface area (Å²) in [5.41, 5.74) is 6.06. The van der Waals surface area contributed by atoms with Gasteiger partial charge in [-0.2, -0.15) is 5.10 Å². The molecule has 0 aliphatic carbocycles. The van der Waals surface area contributed by atoms with Gasteiger partial charge in [0.25, 0.3) is 5.91 Å². The van der Waals surface area contributed by atoms with Gasteiger partial charge >= 0.3 is 5.97 Å². The number of methoxy groups -OCH3 is 1. The molecule has 0 saturated heterocycles. The van der Waals surface area contributed by atoms with Crippen LogP contribution >= 0.6 is 0 Å². The molecule has 3 rings (SSSR count). The molecule has 6 nitrogen and oxygen atoms in total. The topological polar surface area (TPSA) is 77.0 Å². The highest BCUT2D eigenvalue weighted by Crippen LogP contribution is 2.19. The number of nitrogens with one attached hydrogen (secondary N) is 1. The van der Waals surface area contributed by atoms with Gasteiger partial charge in [0.05, 0.1) is 24.5 Å². The van der Waals surface area contributed by atoms with Crippen LogP contribution in [-0.4, -0.2) is 25.2 Å². The fraction of sp³-hybridized carbons (Fsp3) is 0.125. The number of ether oxygens (including phenoxy) is 2.